The molecule has 3 N–H and O–H groups in total. The Labute approximate surface area is 94.6 Å². The Morgan fingerprint density at radius 3 is 2.44 bits per heavy atom. The van der Waals surface area contributed by atoms with E-state index >= 15 is 0 Å². The number of aliphatic carboxylic acids is 2. The van der Waals surface area contributed by atoms with Gasteiger partial charge in [0.25, 0.3) is 0 Å². The first kappa shape index (κ1) is 14.9. The van der Waals surface area contributed by atoms with Crippen molar-refractivity contribution < 1.29 is 24.5 Å². The van der Waals surface area contributed by atoms with Gasteiger partial charge in [-0.25, -0.2) is 0 Å². The predicted molar refractivity (Wildman–Crippen MR) is 57.1 cm³/mol. The van der Waals surface area contributed by atoms with Crippen LogP contribution in [-0.4, -0.2) is 41.0 Å². The highest BCUT2D eigenvalue weighted by Gasteiger charge is 2.16. The zero-order valence-corrected chi connectivity index (χ0v) is 9.60. The molecule has 16 heavy (non-hydrogen) atoms. The maximum atomic E-state index is 10.6. The smallest absolute Gasteiger partial charge is 0.320 e. The summed E-state index contributed by atoms with van der Waals surface area (Å²) in [7, 11) is 0. The Kier molecular flexibility index (Phi) is 7.49. The lowest BCUT2D eigenvalue weighted by Crippen LogP contribution is -2.43. The third kappa shape index (κ3) is 7.19. The van der Waals surface area contributed by atoms with Crippen LogP contribution >= 0.6 is 0 Å². The Balaban J connectivity index is 3.96. The number of rotatable bonds is 9. The zero-order valence-electron chi connectivity index (χ0n) is 9.60. The van der Waals surface area contributed by atoms with Crippen molar-refractivity contribution >= 4 is 11.9 Å². The van der Waals surface area contributed by atoms with Crippen molar-refractivity contribution in [1.29, 1.82) is 0 Å². The molecule has 6 nitrogen and oxygen atoms in total. The topological polar surface area (TPSA) is 95.9 Å². The average Bonchev–Trinajstić information content (AvgIpc) is 2.17. The van der Waals surface area contributed by atoms with Crippen LogP contribution in [-0.2, 0) is 14.3 Å². The summed E-state index contributed by atoms with van der Waals surface area (Å²) >= 11 is 0. The van der Waals surface area contributed by atoms with Crippen LogP contribution in [0.15, 0.2) is 0 Å². The molecular formula is C10H19NO5. The summed E-state index contributed by atoms with van der Waals surface area (Å²) in [5, 5.41) is 19.9. The van der Waals surface area contributed by atoms with Crippen molar-refractivity contribution in [2.24, 2.45) is 0 Å². The molecule has 0 saturated carbocycles. The highest BCUT2D eigenvalue weighted by Crippen LogP contribution is 2.01. The molecule has 0 heterocycles. The van der Waals surface area contributed by atoms with Gasteiger partial charge in [0.2, 0.25) is 0 Å². The molecule has 0 aliphatic heterocycles. The highest BCUT2D eigenvalue weighted by atomic mass is 16.5. The minimum Gasteiger partial charge on any atom is -0.481 e. The summed E-state index contributed by atoms with van der Waals surface area (Å²) in [6.07, 6.45) is 0.993. The van der Waals surface area contributed by atoms with Gasteiger partial charge in [-0.1, -0.05) is 13.3 Å². The number of carboxylic acids is 2. The minimum absolute atomic E-state index is 0.0800. The van der Waals surface area contributed by atoms with Gasteiger partial charge in [-0.05, 0) is 13.3 Å². The van der Waals surface area contributed by atoms with Gasteiger partial charge in [0, 0.05) is 0 Å². The third-order valence-electron chi connectivity index (χ3n) is 1.99. The van der Waals surface area contributed by atoms with E-state index < -0.39 is 24.2 Å². The van der Waals surface area contributed by atoms with Gasteiger partial charge in [0.15, 0.2) is 0 Å². The van der Waals surface area contributed by atoms with Gasteiger partial charge in [-0.2, -0.15) is 0 Å². The SMILES string of the molecule is CCC[C@@H](N[C@@H](C)C(=O)O)OCCC(=O)O. The molecule has 0 aliphatic rings. The molecule has 0 aromatic carbocycles. The molecule has 6 heteroatoms. The fourth-order valence-electron chi connectivity index (χ4n) is 1.12. The summed E-state index contributed by atoms with van der Waals surface area (Å²) in [5.41, 5.74) is 0. The standard InChI is InChI=1S/C10H19NO5/c1-3-4-8(11-7(2)10(14)15)16-6-5-9(12)13/h7-8,11H,3-6H2,1-2H3,(H,12,13)(H,14,15)/t7-,8-/m0/s1. The van der Waals surface area contributed by atoms with Crippen molar-refractivity contribution in [3.63, 3.8) is 0 Å². The van der Waals surface area contributed by atoms with Crippen molar-refractivity contribution in [3.8, 4) is 0 Å². The summed E-state index contributed by atoms with van der Waals surface area (Å²) < 4.78 is 5.26. The van der Waals surface area contributed by atoms with Gasteiger partial charge < -0.3 is 14.9 Å². The Morgan fingerprint density at radius 2 is 2.00 bits per heavy atom. The van der Waals surface area contributed by atoms with Gasteiger partial charge in [0.1, 0.15) is 12.3 Å². The van der Waals surface area contributed by atoms with E-state index in [4.69, 9.17) is 14.9 Å². The average molecular weight is 233 g/mol. The molecule has 0 unspecified atom stereocenters. The van der Waals surface area contributed by atoms with Crippen molar-refractivity contribution in [1.82, 2.24) is 5.32 Å². The minimum atomic E-state index is -0.956. The molecular weight excluding hydrogens is 214 g/mol. The van der Waals surface area contributed by atoms with E-state index in [1.165, 1.54) is 6.92 Å². The van der Waals surface area contributed by atoms with Crippen LogP contribution in [0.3, 0.4) is 0 Å². The number of ether oxygens (including phenoxy) is 1. The first-order chi connectivity index (χ1) is 7.47. The van der Waals surface area contributed by atoms with E-state index in [1.807, 2.05) is 6.92 Å². The van der Waals surface area contributed by atoms with E-state index in [0.29, 0.717) is 6.42 Å². The Bertz CT molecular complexity index is 231. The fourth-order valence-corrected chi connectivity index (χ4v) is 1.12. The lowest BCUT2D eigenvalue weighted by Gasteiger charge is -2.20. The number of carboxylic acid groups (broad SMARTS) is 2. The first-order valence-corrected chi connectivity index (χ1v) is 5.29. The lowest BCUT2D eigenvalue weighted by molar-refractivity contribution is -0.142. The molecule has 0 aromatic heterocycles. The van der Waals surface area contributed by atoms with Crippen molar-refractivity contribution in [3.05, 3.63) is 0 Å². The Hall–Kier alpha value is -1.14. The van der Waals surface area contributed by atoms with Crippen LogP contribution < -0.4 is 5.32 Å². The maximum absolute atomic E-state index is 10.6. The molecule has 0 spiro atoms. The van der Waals surface area contributed by atoms with E-state index in [-0.39, 0.29) is 13.0 Å². The maximum Gasteiger partial charge on any atom is 0.320 e. The molecule has 0 aliphatic carbocycles. The molecule has 0 rings (SSSR count). The van der Waals surface area contributed by atoms with Crippen molar-refractivity contribution in [2.45, 2.75) is 45.4 Å². The van der Waals surface area contributed by atoms with Crippen molar-refractivity contribution in [2.75, 3.05) is 6.61 Å². The third-order valence-corrected chi connectivity index (χ3v) is 1.99. The summed E-state index contributed by atoms with van der Waals surface area (Å²) in [4.78, 5) is 20.9. The normalized spacial score (nSPS) is 14.4. The Morgan fingerprint density at radius 1 is 1.38 bits per heavy atom. The predicted octanol–water partition coefficient (Wildman–Crippen LogP) is 0.667. The number of carbonyl (C=O) groups is 2. The molecule has 0 radical (unpaired) electrons. The molecule has 0 amide bonds. The molecule has 94 valence electrons. The van der Waals surface area contributed by atoms with Crippen LogP contribution in [0.1, 0.15) is 33.1 Å². The molecule has 0 aromatic rings. The van der Waals surface area contributed by atoms with Crippen LogP contribution in [0.4, 0.5) is 0 Å². The van der Waals surface area contributed by atoms with E-state index in [9.17, 15) is 9.59 Å². The van der Waals surface area contributed by atoms with E-state index in [1.54, 1.807) is 0 Å². The van der Waals surface area contributed by atoms with Crippen LogP contribution in [0.5, 0.6) is 0 Å². The fraction of sp³-hybridized carbons (Fsp3) is 0.800. The van der Waals surface area contributed by atoms with Gasteiger partial charge in [-0.15, -0.1) is 0 Å². The first-order valence-electron chi connectivity index (χ1n) is 5.29. The largest absolute Gasteiger partial charge is 0.481 e. The lowest BCUT2D eigenvalue weighted by atomic mass is 10.2. The second-order valence-electron chi connectivity index (χ2n) is 3.52. The summed E-state index contributed by atoms with van der Waals surface area (Å²) in [6.45, 7) is 3.55. The molecule has 0 saturated heterocycles. The summed E-state index contributed by atoms with van der Waals surface area (Å²) in [6, 6.07) is -0.707. The molecule has 0 bridgehead atoms. The van der Waals surface area contributed by atoms with E-state index in [2.05, 4.69) is 5.32 Å². The van der Waals surface area contributed by atoms with Crippen LogP contribution in [0.25, 0.3) is 0 Å². The monoisotopic (exact) mass is 233 g/mol. The molecule has 0 fully saturated rings. The highest BCUT2D eigenvalue weighted by molar-refractivity contribution is 5.72. The summed E-state index contributed by atoms with van der Waals surface area (Å²) in [5.74, 6) is -1.88. The van der Waals surface area contributed by atoms with Crippen LogP contribution in [0.2, 0.25) is 0 Å². The molecule has 2 atom stereocenters. The second-order valence-corrected chi connectivity index (χ2v) is 3.52. The quantitative estimate of drug-likeness (QED) is 0.506. The van der Waals surface area contributed by atoms with E-state index in [0.717, 1.165) is 6.42 Å². The number of nitrogens with one attached hydrogen (secondary N) is 1. The second kappa shape index (κ2) is 8.06. The van der Waals surface area contributed by atoms with Gasteiger partial charge in [-0.3, -0.25) is 14.9 Å². The van der Waals surface area contributed by atoms with Crippen LogP contribution in [0, 0.1) is 0 Å². The zero-order chi connectivity index (χ0) is 12.6. The number of hydrogen-bond acceptors (Lipinski definition) is 4. The number of hydrogen-bond donors (Lipinski definition) is 3. The van der Waals surface area contributed by atoms with Gasteiger partial charge >= 0.3 is 11.9 Å². The van der Waals surface area contributed by atoms with Gasteiger partial charge in [0.05, 0.1) is 13.0 Å².